The quantitative estimate of drug-likeness (QED) is 0.236. The summed E-state index contributed by atoms with van der Waals surface area (Å²) in [6.07, 6.45) is 5.08. The van der Waals surface area contributed by atoms with Crippen LogP contribution in [0.3, 0.4) is 0 Å². The minimum absolute atomic E-state index is 0.160. The second-order valence-electron chi connectivity index (χ2n) is 4.50. The number of esters is 2. The van der Waals surface area contributed by atoms with Gasteiger partial charge in [0.2, 0.25) is 0 Å². The predicted octanol–water partition coefficient (Wildman–Crippen LogP) is 3.65. The molecule has 0 amide bonds. The van der Waals surface area contributed by atoms with E-state index >= 15 is 0 Å². The van der Waals surface area contributed by atoms with Crippen molar-refractivity contribution in [2.24, 2.45) is 0 Å². The molecule has 112 valence electrons. The third-order valence-corrected chi connectivity index (χ3v) is 3.59. The number of carbonyl (C=O) groups excluding carboxylic acids is 2. The molecule has 0 N–H and O–H groups in total. The van der Waals surface area contributed by atoms with Gasteiger partial charge in [0.1, 0.15) is 6.10 Å². The van der Waals surface area contributed by atoms with Crippen LogP contribution in [0.15, 0.2) is 0 Å². The molecule has 5 heteroatoms. The Hall–Kier alpha value is -0.330. The van der Waals surface area contributed by atoms with Crippen molar-refractivity contribution in [1.82, 2.24) is 0 Å². The molecule has 4 nitrogen and oxygen atoms in total. The maximum Gasteiger partial charge on any atom is 0.309 e. The van der Waals surface area contributed by atoms with Gasteiger partial charge in [-0.15, -0.1) is 0 Å². The van der Waals surface area contributed by atoms with Gasteiger partial charge >= 0.3 is 11.9 Å². The highest BCUT2D eigenvalue weighted by Gasteiger charge is 2.17. The highest BCUT2D eigenvalue weighted by molar-refractivity contribution is 14.1. The summed E-state index contributed by atoms with van der Waals surface area (Å²) in [6.45, 7) is 4.59. The van der Waals surface area contributed by atoms with Crippen LogP contribution in [0.2, 0.25) is 0 Å². The van der Waals surface area contributed by atoms with Gasteiger partial charge in [-0.2, -0.15) is 0 Å². The Balaban J connectivity index is 3.84. The van der Waals surface area contributed by atoms with E-state index in [-0.39, 0.29) is 24.5 Å². The molecule has 0 heterocycles. The molecule has 0 spiro atoms. The van der Waals surface area contributed by atoms with Crippen LogP contribution in [0.5, 0.6) is 0 Å². The van der Waals surface area contributed by atoms with Crippen LogP contribution >= 0.6 is 22.6 Å². The number of halogens is 1. The summed E-state index contributed by atoms with van der Waals surface area (Å²) in [5, 5.41) is 0. The van der Waals surface area contributed by atoms with Crippen molar-refractivity contribution in [3.63, 3.8) is 0 Å². The Morgan fingerprint density at radius 2 is 1.74 bits per heavy atom. The molecule has 0 saturated carbocycles. The van der Waals surface area contributed by atoms with E-state index in [1.807, 2.05) is 6.92 Å². The second-order valence-corrected chi connectivity index (χ2v) is 5.38. The normalized spacial score (nSPS) is 11.9. The van der Waals surface area contributed by atoms with Gasteiger partial charge in [0.05, 0.1) is 13.0 Å². The largest absolute Gasteiger partial charge is 0.466 e. The van der Waals surface area contributed by atoms with Crippen LogP contribution in [0, 0.1) is 0 Å². The van der Waals surface area contributed by atoms with Crippen molar-refractivity contribution in [3.8, 4) is 0 Å². The fourth-order valence-corrected chi connectivity index (χ4v) is 1.97. The van der Waals surface area contributed by atoms with E-state index in [1.54, 1.807) is 0 Å². The zero-order valence-corrected chi connectivity index (χ0v) is 14.1. The van der Waals surface area contributed by atoms with Gasteiger partial charge in [-0.25, -0.2) is 0 Å². The summed E-state index contributed by atoms with van der Waals surface area (Å²) in [7, 11) is 0. The third-order valence-electron chi connectivity index (χ3n) is 2.61. The van der Waals surface area contributed by atoms with Gasteiger partial charge in [0, 0.05) is 10.8 Å². The second kappa shape index (κ2) is 12.7. The van der Waals surface area contributed by atoms with Crippen molar-refractivity contribution >= 4 is 34.5 Å². The molecule has 0 aromatic rings. The van der Waals surface area contributed by atoms with Crippen LogP contribution < -0.4 is 0 Å². The first-order valence-corrected chi connectivity index (χ1v) is 8.57. The maximum absolute atomic E-state index is 11.6. The molecule has 0 rings (SSSR count). The molecular weight excluding hydrogens is 359 g/mol. The summed E-state index contributed by atoms with van der Waals surface area (Å²) in [4.78, 5) is 23.0. The highest BCUT2D eigenvalue weighted by atomic mass is 127. The lowest BCUT2D eigenvalue weighted by molar-refractivity contribution is -0.153. The first-order chi connectivity index (χ1) is 9.13. The Bertz CT molecular complexity index is 256. The number of rotatable bonds is 11. The number of alkyl halides is 1. The van der Waals surface area contributed by atoms with Crippen molar-refractivity contribution in [2.45, 2.75) is 64.9 Å². The maximum atomic E-state index is 11.6. The monoisotopic (exact) mass is 384 g/mol. The van der Waals surface area contributed by atoms with Gasteiger partial charge in [0.25, 0.3) is 0 Å². The SMILES string of the molecule is CCCCCOC(=O)CC(CI)OC(=O)CCCC. The molecular formula is C14H25IO4. The van der Waals surface area contributed by atoms with Crippen molar-refractivity contribution in [2.75, 3.05) is 11.0 Å². The van der Waals surface area contributed by atoms with E-state index in [0.717, 1.165) is 32.1 Å². The average molecular weight is 384 g/mol. The molecule has 1 unspecified atom stereocenters. The lowest BCUT2D eigenvalue weighted by Crippen LogP contribution is -2.24. The van der Waals surface area contributed by atoms with Crippen LogP contribution in [-0.4, -0.2) is 29.1 Å². The highest BCUT2D eigenvalue weighted by Crippen LogP contribution is 2.08. The molecule has 0 aliphatic rings. The van der Waals surface area contributed by atoms with Crippen LogP contribution in [0.1, 0.15) is 58.8 Å². The first kappa shape index (κ1) is 18.7. The third kappa shape index (κ3) is 11.2. The first-order valence-electron chi connectivity index (χ1n) is 7.05. The van der Waals surface area contributed by atoms with Gasteiger partial charge in [-0.3, -0.25) is 9.59 Å². The molecule has 0 fully saturated rings. The lowest BCUT2D eigenvalue weighted by Gasteiger charge is -2.14. The van der Waals surface area contributed by atoms with E-state index in [4.69, 9.17) is 9.47 Å². The molecule has 0 saturated heterocycles. The van der Waals surface area contributed by atoms with E-state index in [1.165, 1.54) is 0 Å². The molecule has 0 aromatic heterocycles. The van der Waals surface area contributed by atoms with Gasteiger partial charge in [-0.05, 0) is 12.8 Å². The number of hydrogen-bond donors (Lipinski definition) is 0. The summed E-state index contributed by atoms with van der Waals surface area (Å²) in [5.74, 6) is -0.497. The minimum Gasteiger partial charge on any atom is -0.466 e. The number of ether oxygens (including phenoxy) is 2. The molecule has 19 heavy (non-hydrogen) atoms. The fraction of sp³-hybridized carbons (Fsp3) is 0.857. The smallest absolute Gasteiger partial charge is 0.309 e. The van der Waals surface area contributed by atoms with Gasteiger partial charge < -0.3 is 9.47 Å². The molecule has 0 aliphatic heterocycles. The Kier molecular flexibility index (Phi) is 12.5. The Labute approximate surface area is 129 Å². The van der Waals surface area contributed by atoms with Crippen molar-refractivity contribution < 1.29 is 19.1 Å². The van der Waals surface area contributed by atoms with Crippen molar-refractivity contribution in [3.05, 3.63) is 0 Å². The molecule has 0 radical (unpaired) electrons. The van der Waals surface area contributed by atoms with E-state index in [0.29, 0.717) is 17.5 Å². The van der Waals surface area contributed by atoms with Crippen molar-refractivity contribution in [1.29, 1.82) is 0 Å². The Morgan fingerprint density at radius 3 is 2.32 bits per heavy atom. The lowest BCUT2D eigenvalue weighted by atomic mass is 10.2. The number of hydrogen-bond acceptors (Lipinski definition) is 4. The van der Waals surface area contributed by atoms with Gasteiger partial charge in [-0.1, -0.05) is 55.7 Å². The van der Waals surface area contributed by atoms with E-state index in [2.05, 4.69) is 29.5 Å². The predicted molar refractivity (Wildman–Crippen MR) is 83.4 cm³/mol. The summed E-state index contributed by atoms with van der Waals surface area (Å²) in [6, 6.07) is 0. The molecule has 0 aromatic carbocycles. The standard InChI is InChI=1S/C14H25IO4/c1-3-5-7-9-18-14(17)10-12(11-15)19-13(16)8-6-4-2/h12H,3-11H2,1-2H3. The number of unbranched alkanes of at least 4 members (excludes halogenated alkanes) is 3. The van der Waals surface area contributed by atoms with Gasteiger partial charge in [0.15, 0.2) is 0 Å². The number of carbonyl (C=O) groups is 2. The van der Waals surface area contributed by atoms with Crippen LogP contribution in [-0.2, 0) is 19.1 Å². The summed E-state index contributed by atoms with van der Waals surface area (Å²) >= 11 is 2.12. The summed E-state index contributed by atoms with van der Waals surface area (Å²) < 4.78 is 11.0. The van der Waals surface area contributed by atoms with Crippen LogP contribution in [0.25, 0.3) is 0 Å². The topological polar surface area (TPSA) is 52.6 Å². The zero-order chi connectivity index (χ0) is 14.5. The molecule has 0 bridgehead atoms. The fourth-order valence-electron chi connectivity index (χ4n) is 1.48. The van der Waals surface area contributed by atoms with E-state index in [9.17, 15) is 9.59 Å². The molecule has 1 atom stereocenters. The molecule has 0 aliphatic carbocycles. The summed E-state index contributed by atoms with van der Waals surface area (Å²) in [5.41, 5.74) is 0. The Morgan fingerprint density at radius 1 is 1.05 bits per heavy atom. The van der Waals surface area contributed by atoms with Crippen LogP contribution in [0.4, 0.5) is 0 Å². The average Bonchev–Trinajstić information content (AvgIpc) is 2.40. The zero-order valence-electron chi connectivity index (χ0n) is 12.0. The van der Waals surface area contributed by atoms with E-state index < -0.39 is 0 Å². The minimum atomic E-state index is -0.358.